The predicted octanol–water partition coefficient (Wildman–Crippen LogP) is 5.29. The number of rotatable bonds is 3. The number of para-hydroxylation sites is 2. The second-order valence-corrected chi connectivity index (χ2v) is 10.8. The topological polar surface area (TPSA) is 81.4 Å². The Labute approximate surface area is 184 Å². The highest BCUT2D eigenvalue weighted by molar-refractivity contribution is 5.91. The molecule has 5 heteroatoms. The molecule has 31 heavy (non-hydrogen) atoms. The highest BCUT2D eigenvalue weighted by atomic mass is 16.7. The number of anilines is 2. The minimum Gasteiger partial charge on any atom is -0.397 e. The molecule has 4 aliphatic rings. The highest BCUT2D eigenvalue weighted by Gasteiger charge is 2.60. The van der Waals surface area contributed by atoms with Crippen LogP contribution in [0.2, 0.25) is 0 Å². The lowest BCUT2D eigenvalue weighted by molar-refractivity contribution is -0.153. The molecule has 3 N–H and O–H groups in total. The van der Waals surface area contributed by atoms with Crippen molar-refractivity contribution >= 4 is 23.1 Å². The van der Waals surface area contributed by atoms with Gasteiger partial charge in [0, 0.05) is 6.42 Å². The van der Waals surface area contributed by atoms with Crippen molar-refractivity contribution < 1.29 is 14.4 Å². The molecule has 5 rings (SSSR count). The van der Waals surface area contributed by atoms with Gasteiger partial charge in [0.2, 0.25) is 0 Å². The van der Waals surface area contributed by atoms with Gasteiger partial charge in [-0.3, -0.25) is 4.79 Å². The smallest absolute Gasteiger partial charge is 0.335 e. The van der Waals surface area contributed by atoms with Crippen molar-refractivity contribution in [1.82, 2.24) is 0 Å². The summed E-state index contributed by atoms with van der Waals surface area (Å²) in [6.07, 6.45) is 10.0. The summed E-state index contributed by atoms with van der Waals surface area (Å²) < 4.78 is 0. The van der Waals surface area contributed by atoms with Crippen molar-refractivity contribution in [1.29, 1.82) is 0 Å². The van der Waals surface area contributed by atoms with E-state index in [1.807, 2.05) is 24.3 Å². The summed E-state index contributed by atoms with van der Waals surface area (Å²) in [7, 11) is 0. The van der Waals surface area contributed by atoms with Gasteiger partial charge in [-0.05, 0) is 91.7 Å². The van der Waals surface area contributed by atoms with Crippen LogP contribution in [-0.2, 0) is 14.4 Å². The third kappa shape index (κ3) is 3.19. The Morgan fingerprint density at radius 3 is 2.68 bits per heavy atom. The average molecular weight is 423 g/mol. The van der Waals surface area contributed by atoms with Crippen LogP contribution in [0.15, 0.2) is 35.9 Å². The normalized spacial score (nSPS) is 39.0. The Balaban J connectivity index is 1.32. The average Bonchev–Trinajstić information content (AvgIpc) is 3.11. The van der Waals surface area contributed by atoms with Crippen LogP contribution in [0.5, 0.6) is 0 Å². The summed E-state index contributed by atoms with van der Waals surface area (Å²) in [4.78, 5) is 30.7. The summed E-state index contributed by atoms with van der Waals surface area (Å²) in [6, 6.07) is 7.33. The summed E-state index contributed by atoms with van der Waals surface area (Å²) in [6.45, 7) is 4.72. The molecule has 6 unspecified atom stereocenters. The van der Waals surface area contributed by atoms with Gasteiger partial charge in [-0.2, -0.15) is 0 Å². The first-order valence-electron chi connectivity index (χ1n) is 11.9. The van der Waals surface area contributed by atoms with Gasteiger partial charge in [0.05, 0.1) is 17.3 Å². The lowest BCUT2D eigenvalue weighted by atomic mass is 9.47. The number of hydrogen-bond acceptors (Lipinski definition) is 5. The summed E-state index contributed by atoms with van der Waals surface area (Å²) in [5.74, 6) is 1.91. The number of allylic oxidation sites excluding steroid dienone is 1. The molecule has 0 heterocycles. The van der Waals surface area contributed by atoms with Gasteiger partial charge in [-0.1, -0.05) is 31.6 Å². The number of nitrogens with two attached hydrogens (primary N) is 1. The third-order valence-electron chi connectivity index (χ3n) is 9.47. The maximum absolute atomic E-state index is 13.1. The van der Waals surface area contributed by atoms with Crippen molar-refractivity contribution in [2.45, 2.75) is 65.2 Å². The van der Waals surface area contributed by atoms with Gasteiger partial charge in [-0.25, -0.2) is 10.3 Å². The molecule has 0 aliphatic heterocycles. The van der Waals surface area contributed by atoms with Gasteiger partial charge in [0.1, 0.15) is 0 Å². The van der Waals surface area contributed by atoms with Crippen LogP contribution in [0.3, 0.4) is 0 Å². The van der Waals surface area contributed by atoms with E-state index in [2.05, 4.69) is 19.3 Å². The SMILES string of the molecule is CC12CCC(=O)C=C1CCC1C2CCC2(C)C(C(=O)ONc3ccccc3N)CCC12. The molecule has 4 aliphatic carbocycles. The second kappa shape index (κ2) is 7.39. The highest BCUT2D eigenvalue weighted by Crippen LogP contribution is 2.66. The number of hydrogen-bond donors (Lipinski definition) is 2. The molecule has 3 fully saturated rings. The minimum absolute atomic E-state index is 0.00970. The second-order valence-electron chi connectivity index (χ2n) is 10.8. The van der Waals surface area contributed by atoms with Crippen LogP contribution in [-0.4, -0.2) is 11.8 Å². The Bertz CT molecular complexity index is 940. The molecule has 0 saturated heterocycles. The number of nitrogens with one attached hydrogen (secondary N) is 1. The van der Waals surface area contributed by atoms with E-state index in [4.69, 9.17) is 10.6 Å². The molecule has 6 atom stereocenters. The zero-order valence-corrected chi connectivity index (χ0v) is 18.7. The fourth-order valence-corrected chi connectivity index (χ4v) is 7.71. The van der Waals surface area contributed by atoms with Crippen LogP contribution in [0, 0.1) is 34.5 Å². The number of nitrogen functional groups attached to an aromatic ring is 1. The van der Waals surface area contributed by atoms with E-state index in [0.717, 1.165) is 44.9 Å². The zero-order valence-electron chi connectivity index (χ0n) is 18.7. The summed E-state index contributed by atoms with van der Waals surface area (Å²) >= 11 is 0. The lowest BCUT2D eigenvalue weighted by Crippen LogP contribution is -2.51. The van der Waals surface area contributed by atoms with E-state index in [1.165, 1.54) is 5.57 Å². The zero-order chi connectivity index (χ0) is 21.8. The standard InChI is InChI=1S/C26H34N2O3/c1-25-13-11-17(29)15-16(25)7-8-18-19-9-10-21(26(19,2)14-12-20(18)25)24(30)31-28-23-6-4-3-5-22(23)27/h3-6,15,18-21,28H,7-14,27H2,1-2H3. The molecule has 0 radical (unpaired) electrons. The van der Waals surface area contributed by atoms with Gasteiger partial charge in [0.15, 0.2) is 5.78 Å². The van der Waals surface area contributed by atoms with Crippen LogP contribution >= 0.6 is 0 Å². The maximum atomic E-state index is 13.1. The monoisotopic (exact) mass is 422 g/mol. The van der Waals surface area contributed by atoms with Gasteiger partial charge < -0.3 is 10.6 Å². The van der Waals surface area contributed by atoms with Gasteiger partial charge >= 0.3 is 5.97 Å². The first-order valence-corrected chi connectivity index (χ1v) is 11.9. The Morgan fingerprint density at radius 2 is 1.87 bits per heavy atom. The predicted molar refractivity (Wildman–Crippen MR) is 121 cm³/mol. The van der Waals surface area contributed by atoms with E-state index in [9.17, 15) is 9.59 Å². The Morgan fingerprint density at radius 1 is 1.06 bits per heavy atom. The molecular weight excluding hydrogens is 388 g/mol. The number of ketones is 1. The van der Waals surface area contributed by atoms with E-state index in [1.54, 1.807) is 6.07 Å². The fraction of sp³-hybridized carbons (Fsp3) is 0.615. The van der Waals surface area contributed by atoms with E-state index < -0.39 is 0 Å². The van der Waals surface area contributed by atoms with Crippen molar-refractivity contribution in [2.24, 2.45) is 34.5 Å². The first kappa shape index (κ1) is 20.6. The molecule has 3 saturated carbocycles. The minimum atomic E-state index is -0.155. The maximum Gasteiger partial charge on any atom is 0.335 e. The molecule has 0 spiro atoms. The molecule has 0 bridgehead atoms. The van der Waals surface area contributed by atoms with Crippen LogP contribution in [0.25, 0.3) is 0 Å². The van der Waals surface area contributed by atoms with Gasteiger partial charge in [-0.15, -0.1) is 0 Å². The van der Waals surface area contributed by atoms with E-state index in [-0.39, 0.29) is 22.7 Å². The Hall–Kier alpha value is -2.30. The first-order chi connectivity index (χ1) is 14.8. The molecule has 0 amide bonds. The molecule has 166 valence electrons. The van der Waals surface area contributed by atoms with E-state index in [0.29, 0.717) is 41.3 Å². The largest absolute Gasteiger partial charge is 0.397 e. The van der Waals surface area contributed by atoms with Crippen molar-refractivity contribution in [3.8, 4) is 0 Å². The van der Waals surface area contributed by atoms with Crippen LogP contribution in [0.4, 0.5) is 11.4 Å². The van der Waals surface area contributed by atoms with Crippen molar-refractivity contribution in [3.63, 3.8) is 0 Å². The Kier molecular flexibility index (Phi) is 4.91. The fourth-order valence-electron chi connectivity index (χ4n) is 7.71. The molecule has 0 aromatic heterocycles. The summed E-state index contributed by atoms with van der Waals surface area (Å²) in [5.41, 5.74) is 11.5. The molecular formula is C26H34N2O3. The quantitative estimate of drug-likeness (QED) is 0.511. The number of carbonyl (C=O) groups is 2. The number of carbonyl (C=O) groups excluding carboxylic acids is 2. The van der Waals surface area contributed by atoms with Crippen LogP contribution < -0.4 is 11.2 Å². The number of benzene rings is 1. The van der Waals surface area contributed by atoms with E-state index >= 15 is 0 Å². The summed E-state index contributed by atoms with van der Waals surface area (Å²) in [5, 5.41) is 0. The van der Waals surface area contributed by atoms with Crippen molar-refractivity contribution in [3.05, 3.63) is 35.9 Å². The van der Waals surface area contributed by atoms with Gasteiger partial charge in [0.25, 0.3) is 0 Å². The molecule has 1 aromatic carbocycles. The number of fused-ring (bicyclic) bond motifs is 5. The van der Waals surface area contributed by atoms with Crippen molar-refractivity contribution in [2.75, 3.05) is 11.2 Å². The molecule has 1 aromatic rings. The third-order valence-corrected chi connectivity index (χ3v) is 9.47. The lowest BCUT2D eigenvalue weighted by Gasteiger charge is -2.57. The molecule has 5 nitrogen and oxygen atoms in total. The van der Waals surface area contributed by atoms with Crippen LogP contribution in [0.1, 0.15) is 65.2 Å².